The first-order valence-corrected chi connectivity index (χ1v) is 7.50. The topological polar surface area (TPSA) is 18.5 Å². The molecule has 5 rings (SSSR count). The lowest BCUT2D eigenvalue weighted by atomic mass is 9.91. The maximum atomic E-state index is 5.98. The van der Waals surface area contributed by atoms with Gasteiger partial charge in [-0.15, -0.1) is 0 Å². The molecule has 0 radical (unpaired) electrons. The van der Waals surface area contributed by atoms with E-state index in [0.717, 1.165) is 22.6 Å². The number of hydrogen-bond acceptors (Lipinski definition) is 2. The molecule has 0 fully saturated rings. The summed E-state index contributed by atoms with van der Waals surface area (Å²) in [7, 11) is 0. The van der Waals surface area contributed by atoms with E-state index in [9.17, 15) is 0 Å². The Balaban J connectivity index is 1.76. The third-order valence-electron chi connectivity index (χ3n) is 4.46. The Morgan fingerprint density at radius 3 is 1.50 bits per heavy atom. The van der Waals surface area contributed by atoms with Gasteiger partial charge in [-0.2, -0.15) is 0 Å². The van der Waals surface area contributed by atoms with Crippen molar-refractivity contribution in [1.82, 2.24) is 0 Å². The number of ether oxygens (including phenoxy) is 2. The molecule has 106 valence electrons. The maximum absolute atomic E-state index is 5.98. The predicted molar refractivity (Wildman–Crippen MR) is 86.0 cm³/mol. The summed E-state index contributed by atoms with van der Waals surface area (Å²) in [5.41, 5.74) is 7.19. The van der Waals surface area contributed by atoms with Crippen LogP contribution in [0.15, 0.2) is 60.7 Å². The van der Waals surface area contributed by atoms with Gasteiger partial charge in [0.2, 0.25) is 0 Å². The Hall–Kier alpha value is -2.74. The van der Waals surface area contributed by atoms with Gasteiger partial charge in [0.15, 0.2) is 0 Å². The summed E-state index contributed by atoms with van der Waals surface area (Å²) in [5, 5.41) is 0. The zero-order valence-corrected chi connectivity index (χ0v) is 12.0. The van der Waals surface area contributed by atoms with E-state index < -0.39 is 0 Å². The fourth-order valence-corrected chi connectivity index (χ4v) is 3.35. The van der Waals surface area contributed by atoms with Crippen LogP contribution < -0.4 is 9.47 Å². The molecule has 0 atom stereocenters. The minimum absolute atomic E-state index is 0.629. The molecule has 0 spiro atoms. The van der Waals surface area contributed by atoms with Crippen molar-refractivity contribution in [3.63, 3.8) is 0 Å². The van der Waals surface area contributed by atoms with Crippen molar-refractivity contribution < 1.29 is 9.47 Å². The van der Waals surface area contributed by atoms with Crippen molar-refractivity contribution in [2.45, 2.75) is 13.2 Å². The summed E-state index contributed by atoms with van der Waals surface area (Å²) in [6.07, 6.45) is 0. The smallest absolute Gasteiger partial charge is 0.128 e. The van der Waals surface area contributed by atoms with Crippen LogP contribution in [0.25, 0.3) is 22.3 Å². The quantitative estimate of drug-likeness (QED) is 0.590. The highest BCUT2D eigenvalue weighted by molar-refractivity contribution is 5.84. The van der Waals surface area contributed by atoms with Crippen LogP contribution in [0.2, 0.25) is 0 Å². The average molecular weight is 286 g/mol. The lowest BCUT2D eigenvalue weighted by Gasteiger charge is -2.26. The van der Waals surface area contributed by atoms with Crippen LogP contribution in [0.3, 0.4) is 0 Å². The molecule has 0 saturated carbocycles. The van der Waals surface area contributed by atoms with Gasteiger partial charge in [-0.1, -0.05) is 48.5 Å². The Morgan fingerprint density at radius 1 is 0.545 bits per heavy atom. The minimum atomic E-state index is 0.629. The first-order chi connectivity index (χ1) is 10.9. The zero-order valence-electron chi connectivity index (χ0n) is 12.0. The molecule has 2 heteroatoms. The number of rotatable bonds is 0. The molecule has 0 saturated heterocycles. The van der Waals surface area contributed by atoms with E-state index in [4.69, 9.17) is 9.47 Å². The molecule has 2 aliphatic heterocycles. The number of fused-ring (bicyclic) bond motifs is 6. The van der Waals surface area contributed by atoms with E-state index >= 15 is 0 Å². The lowest BCUT2D eigenvalue weighted by Crippen LogP contribution is -2.09. The van der Waals surface area contributed by atoms with E-state index in [1.165, 1.54) is 22.3 Å². The largest absolute Gasteiger partial charge is 0.488 e. The molecule has 0 bridgehead atoms. The molecule has 3 aromatic carbocycles. The third kappa shape index (κ3) is 1.61. The van der Waals surface area contributed by atoms with Crippen LogP contribution in [-0.2, 0) is 13.2 Å². The van der Waals surface area contributed by atoms with Crippen LogP contribution in [-0.4, -0.2) is 0 Å². The van der Waals surface area contributed by atoms with E-state index in [-0.39, 0.29) is 0 Å². The molecule has 3 aromatic rings. The standard InChI is InChI=1S/C20H14O2/c1-3-7-15-13(5-1)11-21-19-10-18-16-8-4-2-6-14(16)12-22-20(18)9-17(15)19/h1-10H,11-12H2. The van der Waals surface area contributed by atoms with Crippen molar-refractivity contribution in [1.29, 1.82) is 0 Å². The highest BCUT2D eigenvalue weighted by Gasteiger charge is 2.23. The van der Waals surface area contributed by atoms with Gasteiger partial charge in [-0.3, -0.25) is 0 Å². The monoisotopic (exact) mass is 286 g/mol. The Morgan fingerprint density at radius 2 is 1.00 bits per heavy atom. The van der Waals surface area contributed by atoms with Crippen LogP contribution in [0.1, 0.15) is 11.1 Å². The van der Waals surface area contributed by atoms with Crippen LogP contribution in [0.4, 0.5) is 0 Å². The fraction of sp³-hybridized carbons (Fsp3) is 0.100. The van der Waals surface area contributed by atoms with Crippen molar-refractivity contribution in [2.24, 2.45) is 0 Å². The highest BCUT2D eigenvalue weighted by Crippen LogP contribution is 2.46. The average Bonchev–Trinajstić information content (AvgIpc) is 2.60. The third-order valence-corrected chi connectivity index (χ3v) is 4.46. The highest BCUT2D eigenvalue weighted by atomic mass is 16.5. The van der Waals surface area contributed by atoms with E-state index in [2.05, 4.69) is 60.7 Å². The molecule has 2 aliphatic rings. The van der Waals surface area contributed by atoms with Gasteiger partial charge < -0.3 is 9.47 Å². The van der Waals surface area contributed by atoms with E-state index in [1.807, 2.05) is 0 Å². The second kappa shape index (κ2) is 4.38. The predicted octanol–water partition coefficient (Wildman–Crippen LogP) is 4.81. The van der Waals surface area contributed by atoms with Crippen LogP contribution in [0.5, 0.6) is 11.5 Å². The summed E-state index contributed by atoms with van der Waals surface area (Å²) in [5.74, 6) is 1.88. The lowest BCUT2D eigenvalue weighted by molar-refractivity contribution is 0.293. The Labute approximate surface area is 128 Å². The van der Waals surface area contributed by atoms with Crippen molar-refractivity contribution in [3.8, 4) is 33.8 Å². The molecular weight excluding hydrogens is 272 g/mol. The van der Waals surface area contributed by atoms with Crippen molar-refractivity contribution in [3.05, 3.63) is 71.8 Å². The van der Waals surface area contributed by atoms with Gasteiger partial charge in [-0.25, -0.2) is 0 Å². The molecule has 2 nitrogen and oxygen atoms in total. The second-order valence-electron chi connectivity index (χ2n) is 5.74. The molecule has 0 aliphatic carbocycles. The van der Waals surface area contributed by atoms with Crippen LogP contribution in [0, 0.1) is 0 Å². The molecular formula is C20H14O2. The van der Waals surface area contributed by atoms with Gasteiger partial charge in [0.25, 0.3) is 0 Å². The van der Waals surface area contributed by atoms with Crippen LogP contribution >= 0.6 is 0 Å². The maximum Gasteiger partial charge on any atom is 0.128 e. The molecule has 0 aromatic heterocycles. The molecule has 22 heavy (non-hydrogen) atoms. The number of hydrogen-bond donors (Lipinski definition) is 0. The summed E-state index contributed by atoms with van der Waals surface area (Å²) in [4.78, 5) is 0. The second-order valence-corrected chi connectivity index (χ2v) is 5.74. The fourth-order valence-electron chi connectivity index (χ4n) is 3.35. The Bertz CT molecular complexity index is 821. The first-order valence-electron chi connectivity index (χ1n) is 7.50. The summed E-state index contributed by atoms with van der Waals surface area (Å²) >= 11 is 0. The molecule has 2 heterocycles. The van der Waals surface area contributed by atoms with Crippen molar-refractivity contribution in [2.75, 3.05) is 0 Å². The molecule has 0 N–H and O–H groups in total. The minimum Gasteiger partial charge on any atom is -0.488 e. The SMILES string of the molecule is c1ccc2c(c1)COc1cc3c(cc1-2)OCc1ccccc1-3. The van der Waals surface area contributed by atoms with Gasteiger partial charge in [0, 0.05) is 11.1 Å². The van der Waals surface area contributed by atoms with E-state index in [0.29, 0.717) is 13.2 Å². The van der Waals surface area contributed by atoms with E-state index in [1.54, 1.807) is 0 Å². The summed E-state index contributed by atoms with van der Waals surface area (Å²) in [6, 6.07) is 21.0. The number of benzene rings is 3. The summed E-state index contributed by atoms with van der Waals surface area (Å²) in [6.45, 7) is 1.26. The van der Waals surface area contributed by atoms with Gasteiger partial charge in [0.1, 0.15) is 24.7 Å². The molecule has 0 amide bonds. The van der Waals surface area contributed by atoms with Gasteiger partial charge >= 0.3 is 0 Å². The Kier molecular flexibility index (Phi) is 2.36. The summed E-state index contributed by atoms with van der Waals surface area (Å²) < 4.78 is 12.0. The molecule has 0 unspecified atom stereocenters. The normalized spacial score (nSPS) is 13.8. The van der Waals surface area contributed by atoms with Gasteiger partial charge in [-0.05, 0) is 34.4 Å². The first kappa shape index (κ1) is 11.9. The van der Waals surface area contributed by atoms with Crippen molar-refractivity contribution >= 4 is 0 Å². The zero-order chi connectivity index (χ0) is 14.5. The van der Waals surface area contributed by atoms with Gasteiger partial charge in [0.05, 0.1) is 0 Å².